The van der Waals surface area contributed by atoms with Gasteiger partial charge in [-0.3, -0.25) is 0 Å². The van der Waals surface area contributed by atoms with Gasteiger partial charge in [-0.2, -0.15) is 0 Å². The Kier molecular flexibility index (Phi) is 2.58. The maximum Gasteiger partial charge on any atom is 0.0162 e. The molecule has 0 amide bonds. The van der Waals surface area contributed by atoms with Gasteiger partial charge in [0.15, 0.2) is 0 Å². The van der Waals surface area contributed by atoms with Crippen molar-refractivity contribution in [2.24, 2.45) is 11.1 Å². The van der Waals surface area contributed by atoms with E-state index in [0.29, 0.717) is 0 Å². The lowest BCUT2D eigenvalue weighted by molar-refractivity contribution is 0.317. The number of aromatic amines is 1. The van der Waals surface area contributed by atoms with E-state index in [1.165, 1.54) is 5.69 Å². The Bertz CT molecular complexity index is 218. The fourth-order valence-corrected chi connectivity index (χ4v) is 1.04. The van der Waals surface area contributed by atoms with Crippen LogP contribution in [-0.4, -0.2) is 11.0 Å². The molecule has 1 unspecified atom stereocenters. The quantitative estimate of drug-likeness (QED) is 0.692. The Morgan fingerprint density at radius 2 is 2.17 bits per heavy atom. The third-order valence-electron chi connectivity index (χ3n) is 2.21. The maximum atomic E-state index is 6.02. The van der Waals surface area contributed by atoms with Crippen LogP contribution in [0.25, 0.3) is 0 Å². The van der Waals surface area contributed by atoms with Crippen molar-refractivity contribution >= 4 is 0 Å². The summed E-state index contributed by atoms with van der Waals surface area (Å²) in [5, 5.41) is 0. The van der Waals surface area contributed by atoms with Crippen LogP contribution >= 0.6 is 0 Å². The average molecular weight is 166 g/mol. The molecule has 0 bridgehead atoms. The Labute approximate surface area is 74.2 Å². The molecule has 0 aliphatic carbocycles. The van der Waals surface area contributed by atoms with Crippen LogP contribution in [0.1, 0.15) is 26.5 Å². The smallest absolute Gasteiger partial charge is 0.0162 e. The number of hydrogen-bond donors (Lipinski definition) is 2. The summed E-state index contributed by atoms with van der Waals surface area (Å²) in [6, 6.07) is 4.30. The van der Waals surface area contributed by atoms with Crippen LogP contribution in [-0.2, 0) is 6.42 Å². The molecule has 0 aromatic carbocycles. The Morgan fingerprint density at radius 1 is 1.50 bits per heavy atom. The third-order valence-corrected chi connectivity index (χ3v) is 2.21. The molecule has 0 saturated heterocycles. The number of aromatic nitrogens is 1. The molecule has 0 aliphatic heterocycles. The first-order valence-electron chi connectivity index (χ1n) is 4.38. The number of H-pyrrole nitrogens is 1. The topological polar surface area (TPSA) is 41.8 Å². The van der Waals surface area contributed by atoms with E-state index in [4.69, 9.17) is 5.73 Å². The number of hydrogen-bond acceptors (Lipinski definition) is 1. The van der Waals surface area contributed by atoms with E-state index < -0.39 is 0 Å². The fourth-order valence-electron chi connectivity index (χ4n) is 1.04. The molecule has 0 spiro atoms. The fraction of sp³-hybridized carbons (Fsp3) is 0.600. The first-order valence-corrected chi connectivity index (χ1v) is 4.38. The highest BCUT2D eigenvalue weighted by molar-refractivity contribution is 5.06. The summed E-state index contributed by atoms with van der Waals surface area (Å²) in [6.45, 7) is 6.50. The van der Waals surface area contributed by atoms with Crippen molar-refractivity contribution in [3.63, 3.8) is 0 Å². The molecule has 0 aliphatic rings. The van der Waals surface area contributed by atoms with E-state index in [1.54, 1.807) is 0 Å². The van der Waals surface area contributed by atoms with Crippen molar-refractivity contribution < 1.29 is 0 Å². The average Bonchev–Trinajstić information content (AvgIpc) is 2.37. The number of nitrogens with two attached hydrogens (primary N) is 1. The Balaban J connectivity index is 2.53. The minimum atomic E-state index is 0.186. The zero-order chi connectivity index (χ0) is 9.19. The summed E-state index contributed by atoms with van der Waals surface area (Å²) in [4.78, 5) is 3.16. The first kappa shape index (κ1) is 9.33. The Hall–Kier alpha value is -0.760. The van der Waals surface area contributed by atoms with Crippen LogP contribution in [0.3, 0.4) is 0 Å². The zero-order valence-electron chi connectivity index (χ0n) is 8.09. The molecule has 1 aromatic heterocycles. The monoisotopic (exact) mass is 166 g/mol. The summed E-state index contributed by atoms with van der Waals surface area (Å²) in [5.41, 5.74) is 7.43. The van der Waals surface area contributed by atoms with Gasteiger partial charge < -0.3 is 10.7 Å². The van der Waals surface area contributed by atoms with Gasteiger partial charge in [0, 0.05) is 24.4 Å². The lowest BCUT2D eigenvalue weighted by Gasteiger charge is -2.26. The molecular weight excluding hydrogens is 148 g/mol. The second kappa shape index (κ2) is 3.31. The van der Waals surface area contributed by atoms with Crippen molar-refractivity contribution in [1.82, 2.24) is 4.98 Å². The van der Waals surface area contributed by atoms with E-state index in [-0.39, 0.29) is 11.5 Å². The van der Waals surface area contributed by atoms with Crippen molar-refractivity contribution in [3.05, 3.63) is 24.0 Å². The lowest BCUT2D eigenvalue weighted by atomic mass is 9.85. The second-order valence-electron chi connectivity index (χ2n) is 4.37. The van der Waals surface area contributed by atoms with Crippen molar-refractivity contribution in [1.29, 1.82) is 0 Å². The summed E-state index contributed by atoms with van der Waals surface area (Å²) < 4.78 is 0. The number of rotatable bonds is 2. The summed E-state index contributed by atoms with van der Waals surface area (Å²) in [6.07, 6.45) is 2.86. The maximum absolute atomic E-state index is 6.02. The highest BCUT2D eigenvalue weighted by Crippen LogP contribution is 2.19. The van der Waals surface area contributed by atoms with Crippen LogP contribution in [0.15, 0.2) is 18.3 Å². The minimum absolute atomic E-state index is 0.186. The predicted molar refractivity (Wildman–Crippen MR) is 51.9 cm³/mol. The first-order chi connectivity index (χ1) is 5.50. The van der Waals surface area contributed by atoms with E-state index in [0.717, 1.165) is 6.42 Å². The van der Waals surface area contributed by atoms with Crippen LogP contribution in [0.4, 0.5) is 0 Å². The highest BCUT2D eigenvalue weighted by Gasteiger charge is 2.20. The Morgan fingerprint density at radius 3 is 2.58 bits per heavy atom. The van der Waals surface area contributed by atoms with Gasteiger partial charge in [0.05, 0.1) is 0 Å². The molecule has 1 aromatic rings. The molecule has 0 radical (unpaired) electrons. The highest BCUT2D eigenvalue weighted by atomic mass is 14.7. The molecule has 1 rings (SSSR count). The van der Waals surface area contributed by atoms with E-state index in [9.17, 15) is 0 Å². The molecular formula is C10H18N2. The van der Waals surface area contributed by atoms with Crippen LogP contribution in [0.2, 0.25) is 0 Å². The zero-order valence-corrected chi connectivity index (χ0v) is 8.09. The van der Waals surface area contributed by atoms with Gasteiger partial charge in [-0.25, -0.2) is 0 Å². The van der Waals surface area contributed by atoms with Gasteiger partial charge in [-0.05, 0) is 17.5 Å². The molecule has 2 nitrogen and oxygen atoms in total. The van der Waals surface area contributed by atoms with Gasteiger partial charge in [0.25, 0.3) is 0 Å². The van der Waals surface area contributed by atoms with Gasteiger partial charge >= 0.3 is 0 Å². The second-order valence-corrected chi connectivity index (χ2v) is 4.37. The van der Waals surface area contributed by atoms with Gasteiger partial charge in [0.1, 0.15) is 0 Å². The van der Waals surface area contributed by atoms with Gasteiger partial charge in [-0.1, -0.05) is 20.8 Å². The molecule has 68 valence electrons. The van der Waals surface area contributed by atoms with Crippen molar-refractivity contribution in [2.75, 3.05) is 0 Å². The standard InChI is InChI=1S/C10H18N2/c1-10(2,3)9(11)7-8-5-4-6-12-8/h4-6,9,12H,7,11H2,1-3H3. The van der Waals surface area contributed by atoms with Crippen LogP contribution < -0.4 is 5.73 Å². The molecule has 1 atom stereocenters. The normalized spacial score (nSPS) is 14.7. The molecule has 3 N–H and O–H groups in total. The van der Waals surface area contributed by atoms with Gasteiger partial charge in [-0.15, -0.1) is 0 Å². The molecule has 2 heteroatoms. The van der Waals surface area contributed by atoms with Gasteiger partial charge in [0.2, 0.25) is 0 Å². The summed E-state index contributed by atoms with van der Waals surface area (Å²) in [7, 11) is 0. The molecule has 0 fully saturated rings. The summed E-state index contributed by atoms with van der Waals surface area (Å²) >= 11 is 0. The molecule has 0 saturated carbocycles. The SMILES string of the molecule is CC(C)(C)C(N)Cc1ccc[nH]1. The minimum Gasteiger partial charge on any atom is -0.365 e. The van der Waals surface area contributed by atoms with E-state index in [1.807, 2.05) is 12.3 Å². The largest absolute Gasteiger partial charge is 0.365 e. The van der Waals surface area contributed by atoms with Crippen molar-refractivity contribution in [3.8, 4) is 0 Å². The van der Waals surface area contributed by atoms with Crippen molar-refractivity contribution in [2.45, 2.75) is 33.2 Å². The number of nitrogens with one attached hydrogen (secondary N) is 1. The van der Waals surface area contributed by atoms with Crippen LogP contribution in [0, 0.1) is 5.41 Å². The van der Waals surface area contributed by atoms with E-state index in [2.05, 4.69) is 31.8 Å². The summed E-state index contributed by atoms with van der Waals surface area (Å²) in [5.74, 6) is 0. The molecule has 12 heavy (non-hydrogen) atoms. The lowest BCUT2D eigenvalue weighted by Crippen LogP contribution is -2.36. The molecule has 1 heterocycles. The third kappa shape index (κ3) is 2.38. The van der Waals surface area contributed by atoms with Crippen LogP contribution in [0.5, 0.6) is 0 Å². The predicted octanol–water partition coefficient (Wildman–Crippen LogP) is 1.93. The van der Waals surface area contributed by atoms with E-state index >= 15 is 0 Å².